The van der Waals surface area contributed by atoms with Crippen LogP contribution in [-0.2, 0) is 16.6 Å². The second-order valence-corrected chi connectivity index (χ2v) is 4.88. The highest BCUT2D eigenvalue weighted by Crippen LogP contribution is 2.26. The van der Waals surface area contributed by atoms with Crippen LogP contribution in [-0.4, -0.2) is 35.9 Å². The summed E-state index contributed by atoms with van der Waals surface area (Å²) in [7, 11) is 4.90. The summed E-state index contributed by atoms with van der Waals surface area (Å²) >= 11 is 0. The van der Waals surface area contributed by atoms with Crippen LogP contribution in [0.15, 0.2) is 41.3 Å². The Hall–Kier alpha value is -3.09. The number of aromatic nitrogens is 2. The van der Waals surface area contributed by atoms with Crippen LogP contribution in [0.4, 0.5) is 0 Å². The highest BCUT2D eigenvalue weighted by molar-refractivity contribution is 6.13. The van der Waals surface area contributed by atoms with E-state index in [1.54, 1.807) is 62.6 Å². The molecule has 0 aliphatic carbocycles. The summed E-state index contributed by atoms with van der Waals surface area (Å²) in [5.74, 6) is 0.874. The first-order chi connectivity index (χ1) is 11.1. The normalized spacial score (nSPS) is 15.5. The fourth-order valence-electron chi connectivity index (χ4n) is 2.14. The van der Waals surface area contributed by atoms with E-state index < -0.39 is 5.97 Å². The Morgan fingerprint density at radius 1 is 1.17 bits per heavy atom. The van der Waals surface area contributed by atoms with Gasteiger partial charge < -0.3 is 14.2 Å². The lowest BCUT2D eigenvalue weighted by Gasteiger charge is -2.07. The molecule has 2 aromatic rings. The number of ether oxygens (including phenoxy) is 3. The maximum Gasteiger partial charge on any atom is 0.363 e. The molecule has 0 N–H and O–H groups in total. The topological polar surface area (TPSA) is 74.9 Å². The van der Waals surface area contributed by atoms with Crippen LogP contribution in [0.3, 0.4) is 0 Å². The minimum Gasteiger partial charge on any atom is -0.497 e. The first-order valence-corrected chi connectivity index (χ1v) is 6.83. The van der Waals surface area contributed by atoms with Gasteiger partial charge in [-0.1, -0.05) is 0 Å². The Labute approximate surface area is 132 Å². The van der Waals surface area contributed by atoms with Crippen molar-refractivity contribution in [1.29, 1.82) is 0 Å². The number of carbonyl (C=O) groups is 1. The van der Waals surface area contributed by atoms with Crippen molar-refractivity contribution in [3.05, 3.63) is 47.4 Å². The van der Waals surface area contributed by atoms with E-state index in [0.29, 0.717) is 17.1 Å². The van der Waals surface area contributed by atoms with E-state index in [2.05, 4.69) is 10.1 Å². The monoisotopic (exact) mass is 313 g/mol. The van der Waals surface area contributed by atoms with Gasteiger partial charge in [0.2, 0.25) is 5.90 Å². The molecule has 0 unspecified atom stereocenters. The van der Waals surface area contributed by atoms with Gasteiger partial charge in [-0.3, -0.25) is 4.68 Å². The molecule has 1 aromatic carbocycles. The van der Waals surface area contributed by atoms with E-state index in [4.69, 9.17) is 14.2 Å². The molecule has 0 radical (unpaired) electrons. The molecule has 0 saturated carbocycles. The number of aliphatic imine (C=N–C) groups is 1. The van der Waals surface area contributed by atoms with Gasteiger partial charge in [0, 0.05) is 30.4 Å². The second kappa shape index (κ2) is 5.96. The molecular formula is C16H15N3O4. The molecule has 7 heteroatoms. The average molecular weight is 313 g/mol. The molecule has 2 heterocycles. The minimum atomic E-state index is -0.509. The summed E-state index contributed by atoms with van der Waals surface area (Å²) in [5, 5.41) is 4.04. The van der Waals surface area contributed by atoms with Crippen LogP contribution in [0, 0.1) is 0 Å². The third-order valence-corrected chi connectivity index (χ3v) is 3.25. The van der Waals surface area contributed by atoms with Gasteiger partial charge in [-0.2, -0.15) is 5.10 Å². The SMILES string of the molecule is COc1cc(OC)cc(C2=N/C(=C/c3cnn(C)c3)C(=O)O2)c1. The number of carbonyl (C=O) groups excluding carboxylic acids is 1. The molecule has 1 aliphatic rings. The van der Waals surface area contributed by atoms with Crippen molar-refractivity contribution in [2.45, 2.75) is 0 Å². The highest BCUT2D eigenvalue weighted by Gasteiger charge is 2.25. The van der Waals surface area contributed by atoms with Crippen molar-refractivity contribution in [1.82, 2.24) is 9.78 Å². The molecule has 0 fully saturated rings. The zero-order valence-electron chi connectivity index (χ0n) is 12.9. The van der Waals surface area contributed by atoms with E-state index in [1.165, 1.54) is 0 Å². The van der Waals surface area contributed by atoms with Gasteiger partial charge in [0.15, 0.2) is 5.70 Å². The molecule has 7 nitrogen and oxygen atoms in total. The number of rotatable bonds is 4. The summed E-state index contributed by atoms with van der Waals surface area (Å²) in [4.78, 5) is 16.2. The number of methoxy groups -OCH3 is 2. The number of esters is 1. The summed E-state index contributed by atoms with van der Waals surface area (Å²) in [6.07, 6.45) is 5.05. The molecule has 0 spiro atoms. The van der Waals surface area contributed by atoms with Gasteiger partial charge >= 0.3 is 5.97 Å². The Morgan fingerprint density at radius 2 is 1.87 bits per heavy atom. The van der Waals surface area contributed by atoms with Crippen molar-refractivity contribution in [3.63, 3.8) is 0 Å². The summed E-state index contributed by atoms with van der Waals surface area (Å²) < 4.78 is 17.3. The van der Waals surface area contributed by atoms with E-state index in [0.717, 1.165) is 5.56 Å². The van der Waals surface area contributed by atoms with Gasteiger partial charge in [0.05, 0.1) is 20.4 Å². The first-order valence-electron chi connectivity index (χ1n) is 6.83. The molecule has 0 saturated heterocycles. The third kappa shape index (κ3) is 3.08. The second-order valence-electron chi connectivity index (χ2n) is 4.88. The van der Waals surface area contributed by atoms with Crippen molar-refractivity contribution in [2.75, 3.05) is 14.2 Å². The van der Waals surface area contributed by atoms with Crippen LogP contribution in [0.2, 0.25) is 0 Å². The van der Waals surface area contributed by atoms with E-state index in [1.807, 2.05) is 0 Å². The first kappa shape index (κ1) is 14.8. The van der Waals surface area contributed by atoms with Crippen molar-refractivity contribution < 1.29 is 19.0 Å². The molecule has 0 bridgehead atoms. The predicted molar refractivity (Wildman–Crippen MR) is 83.4 cm³/mol. The number of hydrogen-bond donors (Lipinski definition) is 0. The number of aryl methyl sites for hydroxylation is 1. The van der Waals surface area contributed by atoms with Crippen LogP contribution in [0.5, 0.6) is 11.5 Å². The van der Waals surface area contributed by atoms with Crippen LogP contribution in [0.1, 0.15) is 11.1 Å². The zero-order valence-corrected chi connectivity index (χ0v) is 12.9. The maximum atomic E-state index is 12.0. The van der Waals surface area contributed by atoms with E-state index in [9.17, 15) is 4.79 Å². The summed E-state index contributed by atoms with van der Waals surface area (Å²) in [6, 6.07) is 5.18. The molecule has 0 amide bonds. The quantitative estimate of drug-likeness (QED) is 0.635. The largest absolute Gasteiger partial charge is 0.497 e. The number of benzene rings is 1. The van der Waals surface area contributed by atoms with E-state index >= 15 is 0 Å². The van der Waals surface area contributed by atoms with Gasteiger partial charge in [-0.15, -0.1) is 0 Å². The van der Waals surface area contributed by atoms with Gasteiger partial charge in [-0.05, 0) is 18.2 Å². The van der Waals surface area contributed by atoms with Gasteiger partial charge in [-0.25, -0.2) is 9.79 Å². The van der Waals surface area contributed by atoms with Crippen LogP contribution < -0.4 is 9.47 Å². The number of nitrogens with zero attached hydrogens (tertiary/aromatic N) is 3. The molecule has 0 atom stereocenters. The Kier molecular flexibility index (Phi) is 3.84. The van der Waals surface area contributed by atoms with Crippen molar-refractivity contribution in [2.24, 2.45) is 12.0 Å². The average Bonchev–Trinajstić information content (AvgIpc) is 3.13. The van der Waals surface area contributed by atoms with Crippen molar-refractivity contribution >= 4 is 17.9 Å². The number of hydrogen-bond acceptors (Lipinski definition) is 6. The highest BCUT2D eigenvalue weighted by atomic mass is 16.6. The fraction of sp³-hybridized carbons (Fsp3) is 0.188. The molecule has 23 heavy (non-hydrogen) atoms. The number of cyclic esters (lactones) is 1. The van der Waals surface area contributed by atoms with Crippen molar-refractivity contribution in [3.8, 4) is 11.5 Å². The summed E-state index contributed by atoms with van der Waals surface area (Å²) in [6.45, 7) is 0. The Bertz CT molecular complexity index is 798. The lowest BCUT2D eigenvalue weighted by Crippen LogP contribution is -2.06. The van der Waals surface area contributed by atoms with Crippen LogP contribution in [0.25, 0.3) is 6.08 Å². The fourth-order valence-corrected chi connectivity index (χ4v) is 2.14. The van der Waals surface area contributed by atoms with Gasteiger partial charge in [0.1, 0.15) is 11.5 Å². The molecule has 118 valence electrons. The molecule has 3 rings (SSSR count). The standard InChI is InChI=1S/C16H15N3O4/c1-19-9-10(8-17-19)4-14-16(20)23-15(18-14)11-5-12(21-2)7-13(6-11)22-3/h4-9H,1-3H3/b14-4+. The Balaban J connectivity index is 1.96. The lowest BCUT2D eigenvalue weighted by atomic mass is 10.2. The minimum absolute atomic E-state index is 0.211. The van der Waals surface area contributed by atoms with E-state index in [-0.39, 0.29) is 11.6 Å². The summed E-state index contributed by atoms with van der Waals surface area (Å²) in [5.41, 5.74) is 1.59. The lowest BCUT2D eigenvalue weighted by molar-refractivity contribution is -0.129. The van der Waals surface area contributed by atoms with Gasteiger partial charge in [0.25, 0.3) is 0 Å². The zero-order chi connectivity index (χ0) is 16.4. The smallest absolute Gasteiger partial charge is 0.363 e. The molecule has 1 aliphatic heterocycles. The van der Waals surface area contributed by atoms with Crippen LogP contribution >= 0.6 is 0 Å². The Morgan fingerprint density at radius 3 is 2.43 bits per heavy atom. The predicted octanol–water partition coefficient (Wildman–Crippen LogP) is 1.78. The maximum absolute atomic E-state index is 12.0. The third-order valence-electron chi connectivity index (χ3n) is 3.25. The molecular weight excluding hydrogens is 298 g/mol. The molecule has 1 aromatic heterocycles.